The second kappa shape index (κ2) is 5.43. The summed E-state index contributed by atoms with van der Waals surface area (Å²) in [5.41, 5.74) is 5.35. The van der Waals surface area contributed by atoms with Crippen LogP contribution < -0.4 is 16.2 Å². The minimum atomic E-state index is -3.71. The zero-order valence-corrected chi connectivity index (χ0v) is 10.9. The van der Waals surface area contributed by atoms with Gasteiger partial charge in [0.1, 0.15) is 0 Å². The number of carbonyl (C=O) groups is 1. The van der Waals surface area contributed by atoms with E-state index in [-0.39, 0.29) is 16.5 Å². The van der Waals surface area contributed by atoms with Crippen LogP contribution in [0.4, 0.5) is 5.13 Å². The maximum atomic E-state index is 11.1. The van der Waals surface area contributed by atoms with Crippen LogP contribution in [0.25, 0.3) is 0 Å². The Morgan fingerprint density at radius 1 is 1.53 bits per heavy atom. The van der Waals surface area contributed by atoms with Gasteiger partial charge in [0.2, 0.25) is 15.9 Å². The molecule has 0 aliphatic carbocycles. The first-order chi connectivity index (χ1) is 7.80. The molecule has 96 valence electrons. The molecule has 1 heterocycles. The second-order valence-electron chi connectivity index (χ2n) is 3.43. The summed E-state index contributed by atoms with van der Waals surface area (Å²) in [5, 5.41) is 8.40. The van der Waals surface area contributed by atoms with Crippen LogP contribution in [0.1, 0.15) is 18.5 Å². The van der Waals surface area contributed by atoms with Crippen LogP contribution in [0.5, 0.6) is 0 Å². The molecule has 0 bridgehead atoms. The minimum absolute atomic E-state index is 0.0508. The van der Waals surface area contributed by atoms with Gasteiger partial charge in [-0.05, 0) is 13.3 Å². The van der Waals surface area contributed by atoms with Gasteiger partial charge in [0.15, 0.2) is 9.34 Å². The van der Waals surface area contributed by atoms with Gasteiger partial charge < -0.3 is 11.1 Å². The standard InChI is InChI=1S/C8H14N4O3S2/c1-5-7(17(10,14)15)16-8(12-5)11-4-2-3-6(9)13/h2-4H2,1H3,(H2,9,13)(H,11,12)(H2,10,14,15). The number of anilines is 1. The molecule has 1 amide bonds. The van der Waals surface area contributed by atoms with E-state index < -0.39 is 10.0 Å². The van der Waals surface area contributed by atoms with E-state index in [0.717, 1.165) is 11.3 Å². The monoisotopic (exact) mass is 278 g/mol. The number of primary sulfonamides is 1. The van der Waals surface area contributed by atoms with Crippen molar-refractivity contribution in [2.45, 2.75) is 24.0 Å². The maximum Gasteiger partial charge on any atom is 0.249 e. The Balaban J connectivity index is 2.60. The number of hydrogen-bond acceptors (Lipinski definition) is 6. The van der Waals surface area contributed by atoms with Crippen LogP contribution in [-0.2, 0) is 14.8 Å². The Morgan fingerprint density at radius 2 is 2.18 bits per heavy atom. The van der Waals surface area contributed by atoms with E-state index >= 15 is 0 Å². The molecule has 0 fully saturated rings. The number of rotatable bonds is 6. The summed E-state index contributed by atoms with van der Waals surface area (Å²) in [7, 11) is -3.71. The molecule has 0 atom stereocenters. The van der Waals surface area contributed by atoms with Crippen LogP contribution in [-0.4, -0.2) is 25.9 Å². The van der Waals surface area contributed by atoms with Crippen molar-refractivity contribution in [1.29, 1.82) is 0 Å². The predicted molar refractivity (Wildman–Crippen MR) is 65.1 cm³/mol. The Kier molecular flexibility index (Phi) is 4.43. The van der Waals surface area contributed by atoms with Crippen LogP contribution in [0.2, 0.25) is 0 Å². The Bertz CT molecular complexity index is 509. The van der Waals surface area contributed by atoms with Gasteiger partial charge in [0.25, 0.3) is 0 Å². The van der Waals surface area contributed by atoms with Crippen molar-refractivity contribution in [3.8, 4) is 0 Å². The van der Waals surface area contributed by atoms with E-state index in [1.165, 1.54) is 0 Å². The highest BCUT2D eigenvalue weighted by molar-refractivity contribution is 7.91. The van der Waals surface area contributed by atoms with Crippen LogP contribution in [0.15, 0.2) is 4.21 Å². The zero-order chi connectivity index (χ0) is 13.1. The van der Waals surface area contributed by atoms with Crippen LogP contribution in [0.3, 0.4) is 0 Å². The molecule has 1 aromatic rings. The number of thiazole rings is 1. The molecule has 5 N–H and O–H groups in total. The fraction of sp³-hybridized carbons (Fsp3) is 0.500. The number of nitrogens with zero attached hydrogens (tertiary/aromatic N) is 1. The second-order valence-corrected chi connectivity index (χ2v) is 6.19. The number of aromatic nitrogens is 1. The molecule has 9 heteroatoms. The highest BCUT2D eigenvalue weighted by atomic mass is 32.2. The number of carbonyl (C=O) groups excluding carboxylic acids is 1. The van der Waals surface area contributed by atoms with Gasteiger partial charge in [-0.1, -0.05) is 11.3 Å². The molecule has 0 aromatic carbocycles. The zero-order valence-electron chi connectivity index (χ0n) is 9.26. The molecule has 1 aromatic heterocycles. The number of primary amides is 1. The highest BCUT2D eigenvalue weighted by Crippen LogP contribution is 2.25. The lowest BCUT2D eigenvalue weighted by atomic mass is 10.3. The predicted octanol–water partition coefficient (Wildman–Crippen LogP) is -0.224. The van der Waals surface area contributed by atoms with Crippen LogP contribution >= 0.6 is 11.3 Å². The number of hydrogen-bond donors (Lipinski definition) is 3. The molecule has 0 aliphatic rings. The van der Waals surface area contributed by atoms with Gasteiger partial charge >= 0.3 is 0 Å². The quantitative estimate of drug-likeness (QED) is 0.619. The third-order valence-electron chi connectivity index (χ3n) is 1.89. The lowest BCUT2D eigenvalue weighted by molar-refractivity contribution is -0.118. The molecule has 0 spiro atoms. The fourth-order valence-electron chi connectivity index (χ4n) is 1.18. The SMILES string of the molecule is Cc1nc(NCCCC(N)=O)sc1S(N)(=O)=O. The highest BCUT2D eigenvalue weighted by Gasteiger charge is 2.17. The normalized spacial score (nSPS) is 11.4. The molecule has 0 unspecified atom stereocenters. The summed E-state index contributed by atoms with van der Waals surface area (Å²) < 4.78 is 22.3. The van der Waals surface area contributed by atoms with Crippen molar-refractivity contribution in [2.75, 3.05) is 11.9 Å². The summed E-state index contributed by atoms with van der Waals surface area (Å²) in [6.45, 7) is 2.07. The Labute approximate surface area is 103 Å². The fourth-order valence-corrected chi connectivity index (χ4v) is 3.06. The average Bonchev–Trinajstić information content (AvgIpc) is 2.53. The Hall–Kier alpha value is -1.19. The van der Waals surface area contributed by atoms with E-state index in [9.17, 15) is 13.2 Å². The summed E-state index contributed by atoms with van der Waals surface area (Å²) in [4.78, 5) is 14.5. The first-order valence-electron chi connectivity index (χ1n) is 4.83. The van der Waals surface area contributed by atoms with E-state index in [1.807, 2.05) is 0 Å². The molecule has 0 saturated heterocycles. The summed E-state index contributed by atoms with van der Waals surface area (Å²) in [5.74, 6) is -0.368. The third-order valence-corrected chi connectivity index (χ3v) is 4.56. The molecular formula is C8H14N4O3S2. The largest absolute Gasteiger partial charge is 0.370 e. The summed E-state index contributed by atoms with van der Waals surface area (Å²) in [6.07, 6.45) is 0.845. The molecular weight excluding hydrogens is 264 g/mol. The van der Waals surface area contributed by atoms with Crippen molar-refractivity contribution < 1.29 is 13.2 Å². The molecule has 0 saturated carbocycles. The van der Waals surface area contributed by atoms with Gasteiger partial charge in [-0.15, -0.1) is 0 Å². The van der Waals surface area contributed by atoms with Crippen molar-refractivity contribution in [3.63, 3.8) is 0 Å². The Morgan fingerprint density at radius 3 is 2.65 bits per heavy atom. The maximum absolute atomic E-state index is 11.1. The van der Waals surface area contributed by atoms with Gasteiger partial charge in [-0.3, -0.25) is 4.79 Å². The van der Waals surface area contributed by atoms with E-state index in [4.69, 9.17) is 10.9 Å². The van der Waals surface area contributed by atoms with E-state index in [0.29, 0.717) is 23.8 Å². The van der Waals surface area contributed by atoms with Gasteiger partial charge in [0.05, 0.1) is 5.69 Å². The number of sulfonamides is 1. The number of aryl methyl sites for hydroxylation is 1. The average molecular weight is 278 g/mol. The van der Waals surface area contributed by atoms with Crippen molar-refractivity contribution >= 4 is 32.4 Å². The molecule has 0 aliphatic heterocycles. The third kappa shape index (κ3) is 4.29. The molecule has 0 radical (unpaired) electrons. The summed E-state index contributed by atoms with van der Waals surface area (Å²) in [6, 6.07) is 0. The smallest absolute Gasteiger partial charge is 0.249 e. The minimum Gasteiger partial charge on any atom is -0.370 e. The number of nitrogens with two attached hydrogens (primary N) is 2. The van der Waals surface area contributed by atoms with Gasteiger partial charge in [0, 0.05) is 13.0 Å². The number of amides is 1. The molecule has 1 rings (SSSR count). The van der Waals surface area contributed by atoms with E-state index in [1.54, 1.807) is 6.92 Å². The summed E-state index contributed by atoms with van der Waals surface area (Å²) >= 11 is 0.974. The van der Waals surface area contributed by atoms with Crippen LogP contribution in [0, 0.1) is 6.92 Å². The van der Waals surface area contributed by atoms with Crippen molar-refractivity contribution in [1.82, 2.24) is 4.98 Å². The first-order valence-corrected chi connectivity index (χ1v) is 7.19. The van der Waals surface area contributed by atoms with Gasteiger partial charge in [-0.25, -0.2) is 18.5 Å². The van der Waals surface area contributed by atoms with Gasteiger partial charge in [-0.2, -0.15) is 0 Å². The van der Waals surface area contributed by atoms with Crippen molar-refractivity contribution in [3.05, 3.63) is 5.69 Å². The topological polar surface area (TPSA) is 128 Å². The first kappa shape index (κ1) is 13.9. The lowest BCUT2D eigenvalue weighted by Crippen LogP contribution is -2.12. The van der Waals surface area contributed by atoms with Crippen molar-refractivity contribution in [2.24, 2.45) is 10.9 Å². The number of nitrogens with one attached hydrogen (secondary N) is 1. The van der Waals surface area contributed by atoms with E-state index in [2.05, 4.69) is 10.3 Å². The lowest BCUT2D eigenvalue weighted by Gasteiger charge is -1.99. The molecule has 7 nitrogen and oxygen atoms in total. The molecule has 17 heavy (non-hydrogen) atoms.